The van der Waals surface area contributed by atoms with E-state index in [1.165, 1.54) is 38.6 Å². The van der Waals surface area contributed by atoms with E-state index in [1.807, 2.05) is 0 Å². The fourth-order valence-electron chi connectivity index (χ4n) is 3.43. The van der Waals surface area contributed by atoms with Crippen LogP contribution in [0, 0.1) is 11.3 Å². The molecule has 0 amide bonds. The highest BCUT2D eigenvalue weighted by Gasteiger charge is 2.37. The molecule has 0 aromatic heterocycles. The third kappa shape index (κ3) is 3.71. The minimum Gasteiger partial charge on any atom is -0.326 e. The minimum absolute atomic E-state index is 0.389. The average Bonchev–Trinajstić information content (AvgIpc) is 2.36. The zero-order chi connectivity index (χ0) is 13.8. The van der Waals surface area contributed by atoms with E-state index in [4.69, 9.17) is 5.73 Å². The molecule has 0 saturated heterocycles. The molecule has 0 heterocycles. The summed E-state index contributed by atoms with van der Waals surface area (Å²) in [4.78, 5) is 2.61. The fraction of sp³-hybridized carbons (Fsp3) is 1.00. The van der Waals surface area contributed by atoms with Crippen LogP contribution in [-0.2, 0) is 0 Å². The predicted molar refractivity (Wildman–Crippen MR) is 80.7 cm³/mol. The quantitative estimate of drug-likeness (QED) is 0.784. The molecule has 3 unspecified atom stereocenters. The molecule has 1 saturated carbocycles. The van der Waals surface area contributed by atoms with E-state index in [0.29, 0.717) is 17.5 Å². The lowest BCUT2D eigenvalue weighted by Crippen LogP contribution is -2.53. The second kappa shape index (κ2) is 6.91. The van der Waals surface area contributed by atoms with Crippen molar-refractivity contribution in [1.82, 2.24) is 4.90 Å². The summed E-state index contributed by atoms with van der Waals surface area (Å²) >= 11 is 0. The van der Waals surface area contributed by atoms with Gasteiger partial charge in [-0.1, -0.05) is 41.0 Å². The smallest absolute Gasteiger partial charge is 0.0249 e. The van der Waals surface area contributed by atoms with Crippen molar-refractivity contribution in [3.63, 3.8) is 0 Å². The Morgan fingerprint density at radius 2 is 1.83 bits per heavy atom. The van der Waals surface area contributed by atoms with Crippen molar-refractivity contribution in [2.45, 2.75) is 78.8 Å². The molecule has 0 spiro atoms. The highest BCUT2D eigenvalue weighted by atomic mass is 15.2. The molecule has 2 nitrogen and oxygen atoms in total. The van der Waals surface area contributed by atoms with Crippen LogP contribution in [-0.4, -0.2) is 30.1 Å². The molecule has 1 rings (SSSR count). The van der Waals surface area contributed by atoms with Gasteiger partial charge in [0.1, 0.15) is 0 Å². The molecule has 108 valence electrons. The first-order chi connectivity index (χ1) is 8.46. The van der Waals surface area contributed by atoms with Crippen LogP contribution in [0.15, 0.2) is 0 Å². The second-order valence-electron chi connectivity index (χ2n) is 6.71. The zero-order valence-corrected chi connectivity index (χ0v) is 13.2. The van der Waals surface area contributed by atoms with Gasteiger partial charge < -0.3 is 5.73 Å². The Morgan fingerprint density at radius 1 is 1.17 bits per heavy atom. The average molecular weight is 254 g/mol. The first-order valence-electron chi connectivity index (χ1n) is 7.95. The van der Waals surface area contributed by atoms with Gasteiger partial charge >= 0.3 is 0 Å². The van der Waals surface area contributed by atoms with Gasteiger partial charge in [-0.25, -0.2) is 0 Å². The van der Waals surface area contributed by atoms with E-state index in [-0.39, 0.29) is 0 Å². The van der Waals surface area contributed by atoms with E-state index in [9.17, 15) is 0 Å². The molecule has 0 aliphatic heterocycles. The summed E-state index contributed by atoms with van der Waals surface area (Å²) in [5, 5.41) is 0. The van der Waals surface area contributed by atoms with Gasteiger partial charge in [0.2, 0.25) is 0 Å². The normalized spacial score (nSPS) is 29.8. The molecular weight excluding hydrogens is 220 g/mol. The number of nitrogens with two attached hydrogens (primary N) is 1. The molecular formula is C16H34N2. The molecule has 2 N–H and O–H groups in total. The molecule has 0 aromatic rings. The number of nitrogens with zero attached hydrogens (tertiary/aromatic N) is 1. The van der Waals surface area contributed by atoms with Crippen LogP contribution in [0.2, 0.25) is 0 Å². The van der Waals surface area contributed by atoms with Gasteiger partial charge in [0.05, 0.1) is 0 Å². The van der Waals surface area contributed by atoms with Crippen molar-refractivity contribution < 1.29 is 0 Å². The van der Waals surface area contributed by atoms with Crippen LogP contribution in [0.5, 0.6) is 0 Å². The summed E-state index contributed by atoms with van der Waals surface area (Å²) in [7, 11) is 0. The highest BCUT2D eigenvalue weighted by Crippen LogP contribution is 2.41. The van der Waals surface area contributed by atoms with Crippen LogP contribution in [0.1, 0.15) is 66.7 Å². The maximum atomic E-state index is 6.39. The van der Waals surface area contributed by atoms with Crippen LogP contribution in [0.4, 0.5) is 0 Å². The lowest BCUT2D eigenvalue weighted by atomic mass is 9.67. The summed E-state index contributed by atoms with van der Waals surface area (Å²) in [5.41, 5.74) is 6.87. The monoisotopic (exact) mass is 254 g/mol. The van der Waals surface area contributed by atoms with Gasteiger partial charge in [0.25, 0.3) is 0 Å². The third-order valence-electron chi connectivity index (χ3n) is 5.27. The summed E-state index contributed by atoms with van der Waals surface area (Å²) in [6, 6.07) is 1.000. The standard InChI is InChI=1S/C16H34N2/c1-6-11-18(8-3)15-12-13(9-10-14(15)17)16(4,5)7-2/h13-15H,6-12,17H2,1-5H3. The van der Waals surface area contributed by atoms with E-state index < -0.39 is 0 Å². The van der Waals surface area contributed by atoms with Gasteiger partial charge in [-0.2, -0.15) is 0 Å². The van der Waals surface area contributed by atoms with E-state index in [0.717, 1.165) is 12.5 Å². The molecule has 0 bridgehead atoms. The number of hydrogen-bond acceptors (Lipinski definition) is 2. The topological polar surface area (TPSA) is 29.3 Å². The van der Waals surface area contributed by atoms with Crippen molar-refractivity contribution in [1.29, 1.82) is 0 Å². The highest BCUT2D eigenvalue weighted by molar-refractivity contribution is 4.93. The van der Waals surface area contributed by atoms with E-state index >= 15 is 0 Å². The molecule has 0 aromatic carbocycles. The lowest BCUT2D eigenvalue weighted by molar-refractivity contribution is 0.0626. The van der Waals surface area contributed by atoms with Crippen molar-refractivity contribution in [2.75, 3.05) is 13.1 Å². The van der Waals surface area contributed by atoms with Crippen molar-refractivity contribution in [2.24, 2.45) is 17.1 Å². The number of hydrogen-bond donors (Lipinski definition) is 1. The van der Waals surface area contributed by atoms with Crippen molar-refractivity contribution in [3.05, 3.63) is 0 Å². The molecule has 3 atom stereocenters. The Hall–Kier alpha value is -0.0800. The molecule has 2 heteroatoms. The van der Waals surface area contributed by atoms with Crippen molar-refractivity contribution >= 4 is 0 Å². The predicted octanol–water partition coefficient (Wildman–Crippen LogP) is 3.65. The van der Waals surface area contributed by atoms with Gasteiger partial charge in [-0.15, -0.1) is 0 Å². The summed E-state index contributed by atoms with van der Waals surface area (Å²) in [6.07, 6.45) is 6.34. The van der Waals surface area contributed by atoms with E-state index in [1.54, 1.807) is 0 Å². The summed E-state index contributed by atoms with van der Waals surface area (Å²) in [6.45, 7) is 14.1. The van der Waals surface area contributed by atoms with Gasteiger partial charge in [-0.05, 0) is 50.1 Å². The van der Waals surface area contributed by atoms with Crippen LogP contribution < -0.4 is 5.73 Å². The van der Waals surface area contributed by atoms with E-state index in [2.05, 4.69) is 39.5 Å². The molecule has 18 heavy (non-hydrogen) atoms. The number of rotatable bonds is 6. The van der Waals surface area contributed by atoms with Gasteiger partial charge in [0, 0.05) is 12.1 Å². The maximum absolute atomic E-state index is 6.39. The van der Waals surface area contributed by atoms with Crippen molar-refractivity contribution in [3.8, 4) is 0 Å². The fourth-order valence-corrected chi connectivity index (χ4v) is 3.43. The van der Waals surface area contributed by atoms with Crippen LogP contribution in [0.25, 0.3) is 0 Å². The minimum atomic E-state index is 0.389. The Morgan fingerprint density at radius 3 is 2.33 bits per heavy atom. The molecule has 1 fully saturated rings. The number of likely N-dealkylation sites (N-methyl/N-ethyl adjacent to an activating group) is 1. The Balaban J connectivity index is 2.71. The molecule has 1 aliphatic rings. The molecule has 0 radical (unpaired) electrons. The second-order valence-corrected chi connectivity index (χ2v) is 6.71. The van der Waals surface area contributed by atoms with Gasteiger partial charge in [0.15, 0.2) is 0 Å². The summed E-state index contributed by atoms with van der Waals surface area (Å²) < 4.78 is 0. The van der Waals surface area contributed by atoms with Crippen LogP contribution in [0.3, 0.4) is 0 Å². The van der Waals surface area contributed by atoms with Crippen LogP contribution >= 0.6 is 0 Å². The Labute approximate surface area is 114 Å². The van der Waals surface area contributed by atoms with Gasteiger partial charge in [-0.3, -0.25) is 4.90 Å². The Kier molecular flexibility index (Phi) is 6.13. The SMILES string of the molecule is CCCN(CC)C1CC(C(C)(C)CC)CCC1N. The first-order valence-corrected chi connectivity index (χ1v) is 7.95. The summed E-state index contributed by atoms with van der Waals surface area (Å²) in [5.74, 6) is 0.846. The lowest BCUT2D eigenvalue weighted by Gasteiger charge is -2.46. The molecule has 1 aliphatic carbocycles. The maximum Gasteiger partial charge on any atom is 0.0249 e. The largest absolute Gasteiger partial charge is 0.326 e. The third-order valence-corrected chi connectivity index (χ3v) is 5.27. The first kappa shape index (κ1) is 16.0. The zero-order valence-electron chi connectivity index (χ0n) is 13.2. The Bertz CT molecular complexity index is 237.